The lowest BCUT2D eigenvalue weighted by molar-refractivity contribution is 0.00578. The monoisotopic (exact) mass is 239 g/mol. The van der Waals surface area contributed by atoms with Crippen molar-refractivity contribution in [1.29, 1.82) is 0 Å². The number of aromatic nitrogens is 1. The van der Waals surface area contributed by atoms with Gasteiger partial charge in [-0.1, -0.05) is 0 Å². The van der Waals surface area contributed by atoms with E-state index in [0.29, 0.717) is 0 Å². The minimum atomic E-state index is -0.881. The van der Waals surface area contributed by atoms with Crippen LogP contribution in [0.5, 0.6) is 0 Å². The Morgan fingerprint density at radius 3 is 2.24 bits per heavy atom. The fourth-order valence-electron chi connectivity index (χ4n) is 1.61. The van der Waals surface area contributed by atoms with Crippen LogP contribution in [0.15, 0.2) is 16.9 Å². The van der Waals surface area contributed by atoms with E-state index in [2.05, 4.69) is 4.98 Å². The van der Waals surface area contributed by atoms with Gasteiger partial charge in [0.15, 0.2) is 0 Å². The molecule has 1 saturated heterocycles. The summed E-state index contributed by atoms with van der Waals surface area (Å²) in [5.74, 6) is -0.539. The Morgan fingerprint density at radius 2 is 1.71 bits per heavy atom. The molecule has 0 spiro atoms. The highest BCUT2D eigenvalue weighted by atomic mass is 19.1. The number of hydrogen-bond acceptors (Lipinski definition) is 3. The molecule has 0 amide bonds. The number of hydrogen-bond donors (Lipinski definition) is 1. The van der Waals surface area contributed by atoms with Gasteiger partial charge in [0.2, 0.25) is 5.56 Å². The minimum absolute atomic E-state index is 0.0381. The maximum Gasteiger partial charge on any atom is 0.515 e. The van der Waals surface area contributed by atoms with Crippen LogP contribution in [0.4, 0.5) is 4.39 Å². The molecule has 4 nitrogen and oxygen atoms in total. The lowest BCUT2D eigenvalue weighted by atomic mass is 9.84. The SMILES string of the molecule is CC1(C)OB(c2[nH]c(=O)ccc2F)OC1(C)C. The number of halogens is 1. The van der Waals surface area contributed by atoms with Gasteiger partial charge in [0.1, 0.15) is 5.82 Å². The van der Waals surface area contributed by atoms with Crippen molar-refractivity contribution in [3.05, 3.63) is 28.3 Å². The van der Waals surface area contributed by atoms with Crippen LogP contribution in [0.2, 0.25) is 0 Å². The zero-order chi connectivity index (χ0) is 12.8. The first-order valence-electron chi connectivity index (χ1n) is 5.47. The Labute approximate surface area is 99.3 Å². The van der Waals surface area contributed by atoms with Crippen molar-refractivity contribution >= 4 is 12.7 Å². The second-order valence-electron chi connectivity index (χ2n) is 5.17. The van der Waals surface area contributed by atoms with Crippen LogP contribution < -0.4 is 11.2 Å². The molecule has 0 atom stereocenters. The molecule has 92 valence electrons. The predicted molar refractivity (Wildman–Crippen MR) is 62.7 cm³/mol. The number of H-pyrrole nitrogens is 1. The molecule has 1 aromatic rings. The fraction of sp³-hybridized carbons (Fsp3) is 0.545. The maximum atomic E-state index is 13.6. The van der Waals surface area contributed by atoms with Gasteiger partial charge < -0.3 is 14.3 Å². The average molecular weight is 239 g/mol. The molecule has 1 aliphatic heterocycles. The molecule has 2 rings (SSSR count). The summed E-state index contributed by atoms with van der Waals surface area (Å²) in [5, 5.41) is 0. The molecule has 0 bridgehead atoms. The van der Waals surface area contributed by atoms with Gasteiger partial charge in [-0.05, 0) is 33.8 Å². The maximum absolute atomic E-state index is 13.6. The lowest BCUT2D eigenvalue weighted by Gasteiger charge is -2.32. The van der Waals surface area contributed by atoms with Crippen molar-refractivity contribution in [2.24, 2.45) is 0 Å². The van der Waals surface area contributed by atoms with Gasteiger partial charge in [0.25, 0.3) is 0 Å². The normalized spacial score (nSPS) is 21.8. The van der Waals surface area contributed by atoms with Crippen LogP contribution in [0.3, 0.4) is 0 Å². The molecule has 2 heterocycles. The smallest absolute Gasteiger partial charge is 0.398 e. The van der Waals surface area contributed by atoms with E-state index in [1.165, 1.54) is 0 Å². The van der Waals surface area contributed by atoms with E-state index in [0.717, 1.165) is 12.1 Å². The highest BCUT2D eigenvalue weighted by Gasteiger charge is 2.52. The molecule has 0 radical (unpaired) electrons. The highest BCUT2D eigenvalue weighted by molar-refractivity contribution is 6.61. The number of nitrogens with one attached hydrogen (secondary N) is 1. The summed E-state index contributed by atoms with van der Waals surface area (Å²) in [4.78, 5) is 13.6. The Hall–Kier alpha value is -1.14. The molecule has 17 heavy (non-hydrogen) atoms. The van der Waals surface area contributed by atoms with E-state index in [-0.39, 0.29) is 11.2 Å². The number of rotatable bonds is 1. The highest BCUT2D eigenvalue weighted by Crippen LogP contribution is 2.36. The number of aromatic amines is 1. The number of pyridine rings is 1. The first-order chi connectivity index (χ1) is 7.73. The molecular formula is C11H15BFNO3. The zero-order valence-corrected chi connectivity index (χ0v) is 10.3. The summed E-state index contributed by atoms with van der Waals surface area (Å²) < 4.78 is 24.9. The van der Waals surface area contributed by atoms with Crippen molar-refractivity contribution in [3.63, 3.8) is 0 Å². The predicted octanol–water partition coefficient (Wildman–Crippen LogP) is 0.813. The van der Waals surface area contributed by atoms with Crippen molar-refractivity contribution < 1.29 is 13.7 Å². The van der Waals surface area contributed by atoms with E-state index in [9.17, 15) is 9.18 Å². The van der Waals surface area contributed by atoms with E-state index in [1.54, 1.807) is 0 Å². The lowest BCUT2D eigenvalue weighted by Crippen LogP contribution is -2.41. The standard InChI is InChI=1S/C11H15BFNO3/c1-10(2)11(3,4)17-12(16-10)9-7(13)5-6-8(15)14-9/h5-6H,1-4H3,(H,14,15). The van der Waals surface area contributed by atoms with E-state index in [1.807, 2.05) is 27.7 Å². The largest absolute Gasteiger partial charge is 0.515 e. The molecule has 0 saturated carbocycles. The molecule has 0 aliphatic carbocycles. The van der Waals surface area contributed by atoms with Crippen molar-refractivity contribution in [2.45, 2.75) is 38.9 Å². The van der Waals surface area contributed by atoms with Crippen LogP contribution in [0.1, 0.15) is 27.7 Å². The van der Waals surface area contributed by atoms with Gasteiger partial charge in [-0.3, -0.25) is 4.79 Å². The van der Waals surface area contributed by atoms with Crippen molar-refractivity contribution in [3.8, 4) is 0 Å². The molecule has 0 unspecified atom stereocenters. The van der Waals surface area contributed by atoms with E-state index < -0.39 is 24.1 Å². The first-order valence-corrected chi connectivity index (χ1v) is 5.47. The van der Waals surface area contributed by atoms with E-state index >= 15 is 0 Å². The van der Waals surface area contributed by atoms with Gasteiger partial charge in [-0.15, -0.1) is 0 Å². The summed E-state index contributed by atoms with van der Waals surface area (Å²) in [5.41, 5.74) is -1.46. The van der Waals surface area contributed by atoms with E-state index in [4.69, 9.17) is 9.31 Å². The van der Waals surface area contributed by atoms with Crippen LogP contribution in [-0.4, -0.2) is 23.3 Å². The fourth-order valence-corrected chi connectivity index (χ4v) is 1.61. The molecule has 1 aromatic heterocycles. The van der Waals surface area contributed by atoms with Gasteiger partial charge >= 0.3 is 7.12 Å². The van der Waals surface area contributed by atoms with Crippen LogP contribution in [0, 0.1) is 5.82 Å². The van der Waals surface area contributed by atoms with Gasteiger partial charge in [0, 0.05) is 6.07 Å². The quantitative estimate of drug-likeness (QED) is 0.738. The third-order valence-corrected chi connectivity index (χ3v) is 3.39. The Morgan fingerprint density at radius 1 is 1.18 bits per heavy atom. The summed E-state index contributed by atoms with van der Waals surface area (Å²) >= 11 is 0. The summed E-state index contributed by atoms with van der Waals surface area (Å²) in [6.07, 6.45) is 0. The summed E-state index contributed by atoms with van der Waals surface area (Å²) in [7, 11) is -0.881. The van der Waals surface area contributed by atoms with Gasteiger partial charge in [-0.25, -0.2) is 4.39 Å². The van der Waals surface area contributed by atoms with Crippen molar-refractivity contribution in [1.82, 2.24) is 4.98 Å². The van der Waals surface area contributed by atoms with Gasteiger partial charge in [-0.2, -0.15) is 0 Å². The van der Waals surface area contributed by atoms with Crippen LogP contribution in [-0.2, 0) is 9.31 Å². The summed E-state index contributed by atoms with van der Waals surface area (Å²) in [6.45, 7) is 7.47. The Balaban J connectivity index is 2.38. The molecule has 1 aliphatic rings. The minimum Gasteiger partial charge on any atom is -0.398 e. The summed E-state index contributed by atoms with van der Waals surface area (Å²) in [6, 6.07) is 2.24. The second-order valence-corrected chi connectivity index (χ2v) is 5.17. The van der Waals surface area contributed by atoms with Crippen LogP contribution in [0.25, 0.3) is 0 Å². The topological polar surface area (TPSA) is 51.3 Å². The molecule has 0 aromatic carbocycles. The Bertz CT molecular complexity index is 482. The molecule has 1 N–H and O–H groups in total. The molecule has 6 heteroatoms. The third-order valence-electron chi connectivity index (χ3n) is 3.39. The first kappa shape index (κ1) is 12.3. The third kappa shape index (κ3) is 2.02. The van der Waals surface area contributed by atoms with Crippen molar-refractivity contribution in [2.75, 3.05) is 0 Å². The second kappa shape index (κ2) is 3.68. The average Bonchev–Trinajstić information content (AvgIpc) is 2.40. The zero-order valence-electron chi connectivity index (χ0n) is 10.3. The molecular weight excluding hydrogens is 224 g/mol. The van der Waals surface area contributed by atoms with Gasteiger partial charge in [0.05, 0.1) is 16.8 Å². The Kier molecular flexibility index (Phi) is 2.67. The van der Waals surface area contributed by atoms with Crippen LogP contribution >= 0.6 is 0 Å². The molecule has 1 fully saturated rings.